The molecular formula is C11H11ClF3N3O2. The van der Waals surface area contributed by atoms with E-state index in [9.17, 15) is 22.8 Å². The molecule has 1 aromatic carbocycles. The van der Waals surface area contributed by atoms with Crippen LogP contribution < -0.4 is 16.4 Å². The molecule has 1 aromatic rings. The highest BCUT2D eigenvalue weighted by molar-refractivity contribution is 6.34. The van der Waals surface area contributed by atoms with Crippen LogP contribution in [0.4, 0.5) is 18.9 Å². The summed E-state index contributed by atoms with van der Waals surface area (Å²) < 4.78 is 35.5. The smallest absolute Gasteiger partial charge is 0.399 e. The lowest BCUT2D eigenvalue weighted by Crippen LogP contribution is -2.40. The normalized spacial score (nSPS) is 11.0. The first-order valence-corrected chi connectivity index (χ1v) is 5.73. The third-order valence-electron chi connectivity index (χ3n) is 2.13. The average molecular weight is 310 g/mol. The Morgan fingerprint density at radius 1 is 1.25 bits per heavy atom. The number of rotatable bonds is 4. The van der Waals surface area contributed by atoms with E-state index in [2.05, 4.69) is 5.32 Å². The minimum Gasteiger partial charge on any atom is -0.399 e. The largest absolute Gasteiger partial charge is 0.405 e. The van der Waals surface area contributed by atoms with Gasteiger partial charge in [0.1, 0.15) is 6.54 Å². The lowest BCUT2D eigenvalue weighted by molar-refractivity contribution is -0.137. The van der Waals surface area contributed by atoms with Gasteiger partial charge in [0.15, 0.2) is 0 Å². The fraction of sp³-hybridized carbons (Fsp3) is 0.273. The van der Waals surface area contributed by atoms with Crippen LogP contribution in [0.1, 0.15) is 10.4 Å². The number of halogens is 4. The van der Waals surface area contributed by atoms with E-state index in [1.54, 1.807) is 5.32 Å². The van der Waals surface area contributed by atoms with Crippen molar-refractivity contribution in [1.29, 1.82) is 0 Å². The highest BCUT2D eigenvalue weighted by Crippen LogP contribution is 2.18. The van der Waals surface area contributed by atoms with E-state index in [-0.39, 0.29) is 10.6 Å². The predicted octanol–water partition coefficient (Wildman–Crippen LogP) is 1.33. The molecule has 20 heavy (non-hydrogen) atoms. The number of amides is 2. The molecule has 2 amide bonds. The van der Waals surface area contributed by atoms with Gasteiger partial charge in [-0.3, -0.25) is 9.59 Å². The van der Waals surface area contributed by atoms with Crippen LogP contribution >= 0.6 is 11.6 Å². The molecule has 110 valence electrons. The van der Waals surface area contributed by atoms with Crippen molar-refractivity contribution in [1.82, 2.24) is 10.6 Å². The van der Waals surface area contributed by atoms with Crippen molar-refractivity contribution in [2.75, 3.05) is 18.8 Å². The van der Waals surface area contributed by atoms with Crippen molar-refractivity contribution in [3.05, 3.63) is 28.8 Å². The third-order valence-corrected chi connectivity index (χ3v) is 2.46. The second-order valence-electron chi connectivity index (χ2n) is 3.81. The number of alkyl halides is 3. The Morgan fingerprint density at radius 2 is 1.90 bits per heavy atom. The number of anilines is 1. The molecule has 0 atom stereocenters. The minimum absolute atomic E-state index is 0.0373. The summed E-state index contributed by atoms with van der Waals surface area (Å²) in [6, 6.07) is 4.18. The number of carbonyl (C=O) groups excluding carboxylic acids is 2. The van der Waals surface area contributed by atoms with Crippen LogP contribution in [0.5, 0.6) is 0 Å². The molecule has 0 aliphatic rings. The van der Waals surface area contributed by atoms with Gasteiger partial charge in [0.25, 0.3) is 5.91 Å². The van der Waals surface area contributed by atoms with Crippen molar-refractivity contribution in [2.45, 2.75) is 6.18 Å². The summed E-state index contributed by atoms with van der Waals surface area (Å²) in [6.45, 7) is -2.05. The standard InChI is InChI=1S/C11H11ClF3N3O2/c12-8-2-1-6(16)3-7(8)10(20)17-4-9(19)18-5-11(13,14)15/h1-3H,4-5,16H2,(H,17,20)(H,18,19). The van der Waals surface area contributed by atoms with Gasteiger partial charge in [-0.05, 0) is 18.2 Å². The Labute approximate surface area is 117 Å². The summed E-state index contributed by atoms with van der Waals surface area (Å²) in [4.78, 5) is 22.8. The monoisotopic (exact) mass is 309 g/mol. The molecule has 0 aromatic heterocycles. The average Bonchev–Trinajstić information content (AvgIpc) is 2.35. The Kier molecular flexibility index (Phi) is 5.20. The number of nitrogen functional groups attached to an aromatic ring is 1. The number of nitrogens with two attached hydrogens (primary N) is 1. The number of carbonyl (C=O) groups is 2. The lowest BCUT2D eigenvalue weighted by atomic mass is 10.2. The van der Waals surface area contributed by atoms with Crippen molar-refractivity contribution < 1.29 is 22.8 Å². The summed E-state index contributed by atoms with van der Waals surface area (Å²) in [5.74, 6) is -1.67. The molecule has 0 saturated heterocycles. The van der Waals surface area contributed by atoms with Crippen LogP contribution in [-0.2, 0) is 4.79 Å². The van der Waals surface area contributed by atoms with Crippen LogP contribution in [0.3, 0.4) is 0 Å². The molecule has 0 fully saturated rings. The Bertz CT molecular complexity index is 520. The van der Waals surface area contributed by atoms with E-state index in [4.69, 9.17) is 17.3 Å². The van der Waals surface area contributed by atoms with Crippen LogP contribution in [-0.4, -0.2) is 31.1 Å². The van der Waals surface area contributed by atoms with Crippen molar-refractivity contribution in [3.8, 4) is 0 Å². The van der Waals surface area contributed by atoms with Crippen LogP contribution in [0.15, 0.2) is 18.2 Å². The van der Waals surface area contributed by atoms with Crippen molar-refractivity contribution in [3.63, 3.8) is 0 Å². The quantitative estimate of drug-likeness (QED) is 0.734. The molecule has 1 rings (SSSR count). The second-order valence-corrected chi connectivity index (χ2v) is 4.22. The zero-order valence-electron chi connectivity index (χ0n) is 10.1. The molecule has 0 spiro atoms. The maximum Gasteiger partial charge on any atom is 0.405 e. The van der Waals surface area contributed by atoms with E-state index in [0.717, 1.165) is 0 Å². The molecular weight excluding hydrogens is 299 g/mol. The van der Waals surface area contributed by atoms with Crippen molar-refractivity contribution in [2.24, 2.45) is 0 Å². The summed E-state index contributed by atoms with van der Waals surface area (Å²) in [5, 5.41) is 3.88. The van der Waals surface area contributed by atoms with Gasteiger partial charge < -0.3 is 16.4 Å². The lowest BCUT2D eigenvalue weighted by Gasteiger charge is -2.10. The number of hydrogen-bond acceptors (Lipinski definition) is 3. The van der Waals surface area contributed by atoms with Crippen molar-refractivity contribution >= 4 is 29.1 Å². The molecule has 0 unspecified atom stereocenters. The number of benzene rings is 1. The fourth-order valence-corrected chi connectivity index (χ4v) is 1.44. The van der Waals surface area contributed by atoms with Gasteiger partial charge in [0, 0.05) is 5.69 Å². The maximum atomic E-state index is 11.8. The molecule has 0 aliphatic carbocycles. The summed E-state index contributed by atoms with van der Waals surface area (Å²) >= 11 is 5.76. The first-order chi connectivity index (χ1) is 9.19. The van der Waals surface area contributed by atoms with E-state index in [1.807, 2.05) is 0 Å². The van der Waals surface area contributed by atoms with Crippen LogP contribution in [0.2, 0.25) is 5.02 Å². The molecule has 9 heteroatoms. The van der Waals surface area contributed by atoms with Gasteiger partial charge in [-0.25, -0.2) is 0 Å². The van der Waals surface area contributed by atoms with Gasteiger partial charge in [0.2, 0.25) is 5.91 Å². The molecule has 0 heterocycles. The molecule has 0 saturated carbocycles. The molecule has 5 nitrogen and oxygen atoms in total. The Hall–Kier alpha value is -1.96. The first-order valence-electron chi connectivity index (χ1n) is 5.36. The highest BCUT2D eigenvalue weighted by atomic mass is 35.5. The van der Waals surface area contributed by atoms with Gasteiger partial charge >= 0.3 is 6.18 Å². The van der Waals surface area contributed by atoms with Crippen LogP contribution in [0.25, 0.3) is 0 Å². The zero-order valence-corrected chi connectivity index (χ0v) is 10.8. The van der Waals surface area contributed by atoms with E-state index >= 15 is 0 Å². The number of nitrogens with one attached hydrogen (secondary N) is 2. The van der Waals surface area contributed by atoms with E-state index < -0.39 is 31.1 Å². The molecule has 0 bridgehead atoms. The van der Waals surface area contributed by atoms with Gasteiger partial charge in [-0.2, -0.15) is 13.2 Å². The minimum atomic E-state index is -4.50. The Morgan fingerprint density at radius 3 is 2.50 bits per heavy atom. The van der Waals surface area contributed by atoms with Gasteiger partial charge in [-0.15, -0.1) is 0 Å². The maximum absolute atomic E-state index is 11.8. The summed E-state index contributed by atoms with van der Waals surface area (Å²) in [7, 11) is 0. The van der Waals surface area contributed by atoms with E-state index in [0.29, 0.717) is 5.69 Å². The van der Waals surface area contributed by atoms with Crippen LogP contribution in [0, 0.1) is 0 Å². The topological polar surface area (TPSA) is 84.2 Å². The van der Waals surface area contributed by atoms with E-state index in [1.165, 1.54) is 18.2 Å². The zero-order chi connectivity index (χ0) is 15.3. The fourth-order valence-electron chi connectivity index (χ4n) is 1.23. The molecule has 0 aliphatic heterocycles. The second kappa shape index (κ2) is 6.47. The SMILES string of the molecule is Nc1ccc(Cl)c(C(=O)NCC(=O)NCC(F)(F)F)c1. The third kappa shape index (κ3) is 5.35. The molecule has 4 N–H and O–H groups in total. The predicted molar refractivity (Wildman–Crippen MR) is 67.3 cm³/mol. The molecule has 0 radical (unpaired) electrons. The Balaban J connectivity index is 2.51. The summed E-state index contributed by atoms with van der Waals surface area (Å²) in [5.41, 5.74) is 5.80. The number of hydrogen-bond donors (Lipinski definition) is 3. The van der Waals surface area contributed by atoms with Gasteiger partial charge in [0.05, 0.1) is 17.1 Å². The highest BCUT2D eigenvalue weighted by Gasteiger charge is 2.27. The van der Waals surface area contributed by atoms with Gasteiger partial charge in [-0.1, -0.05) is 11.6 Å². The summed E-state index contributed by atoms with van der Waals surface area (Å²) in [6.07, 6.45) is -4.50. The first kappa shape index (κ1) is 16.1.